The molecule has 0 saturated heterocycles. The molecule has 36 nitrogen and oxygen atoms in total. The number of nitrogens with zero attached hydrogens (tertiary/aromatic N) is 13. The summed E-state index contributed by atoms with van der Waals surface area (Å²) in [5.41, 5.74) is 22.1. The number of nitrogens with one attached hydrogen (secondary N) is 6. The van der Waals surface area contributed by atoms with E-state index in [1.165, 1.54) is 70.7 Å². The number of carbonyl (C=O) groups excluding carboxylic acids is 8. The van der Waals surface area contributed by atoms with Gasteiger partial charge in [0.15, 0.2) is 104 Å². The Balaban J connectivity index is 0.000000144. The third-order valence-corrected chi connectivity index (χ3v) is 36.7. The fourth-order valence-corrected chi connectivity index (χ4v) is 24.5. The van der Waals surface area contributed by atoms with Gasteiger partial charge in [-0.2, -0.15) is 30.6 Å². The van der Waals surface area contributed by atoms with Crippen molar-refractivity contribution in [1.29, 1.82) is 0 Å². The molecular formula is C99H125N19O17S6Si. The number of aromatic nitrogens is 12. The summed E-state index contributed by atoms with van der Waals surface area (Å²) in [4.78, 5) is 94.0. The molecule has 18 rings (SSSR count). The van der Waals surface area contributed by atoms with Crippen LogP contribution in [0, 0.1) is 80.6 Å². The van der Waals surface area contributed by atoms with Gasteiger partial charge in [0.1, 0.15) is 5.60 Å². The molecule has 0 radical (unpaired) electrons. The number of rotatable bonds is 17. The van der Waals surface area contributed by atoms with Gasteiger partial charge in [-0.05, 0) is 244 Å². The molecule has 8 unspecified atom stereocenters. The van der Waals surface area contributed by atoms with Gasteiger partial charge in [0.05, 0.1) is 47.2 Å². The number of allylic oxidation sites excluding steroid dienone is 7. The van der Waals surface area contributed by atoms with Crippen molar-refractivity contribution in [3.63, 3.8) is 0 Å². The molecule has 7 amide bonds. The van der Waals surface area contributed by atoms with Gasteiger partial charge in [-0.15, -0.1) is 0 Å². The van der Waals surface area contributed by atoms with Crippen molar-refractivity contribution in [1.82, 2.24) is 91.9 Å². The average Bonchev–Trinajstić information content (AvgIpc) is 1.65. The topological polar surface area (TPSA) is 449 Å². The summed E-state index contributed by atoms with van der Waals surface area (Å²) < 4.78 is 112. The summed E-state index contributed by atoms with van der Waals surface area (Å²) in [5.74, 6) is -2.37. The van der Waals surface area contributed by atoms with Crippen molar-refractivity contribution in [2.24, 2.45) is 11.3 Å². The van der Waals surface area contributed by atoms with Crippen molar-refractivity contribution >= 4 is 192 Å². The van der Waals surface area contributed by atoms with Crippen LogP contribution in [0.25, 0.3) is 70.2 Å². The van der Waals surface area contributed by atoms with E-state index in [0.717, 1.165) is 171 Å². The van der Waals surface area contributed by atoms with Gasteiger partial charge in [-0.3, -0.25) is 61.9 Å². The summed E-state index contributed by atoms with van der Waals surface area (Å²) in [6.07, 6.45) is 39.6. The number of hydrogen-bond acceptors (Lipinski definition) is 23. The number of carbonyl (C=O) groups is 8. The smallest absolute Gasteiger partial charge is 0.410 e. The van der Waals surface area contributed by atoms with Crippen LogP contribution >= 0.6 is 0 Å². The molecule has 7 aliphatic heterocycles. The monoisotopic (exact) mass is 2070 g/mol. The summed E-state index contributed by atoms with van der Waals surface area (Å²) in [5, 5.41) is 29.0. The molecule has 4 aliphatic carbocycles. The quantitative estimate of drug-likeness (QED) is 0.0364. The third kappa shape index (κ3) is 25.2. The van der Waals surface area contributed by atoms with Crippen LogP contribution in [0.4, 0.5) is 4.79 Å². The first-order valence-corrected chi connectivity index (χ1v) is 56.8. The molecular weight excluding hydrogens is 1950 g/mol. The highest BCUT2D eigenvalue weighted by atomic mass is 32.2. The zero-order valence-electron chi connectivity index (χ0n) is 83.9. The Morgan fingerprint density at radius 2 is 0.852 bits per heavy atom. The van der Waals surface area contributed by atoms with Gasteiger partial charge < -0.3 is 18.8 Å². The summed E-state index contributed by atoms with van der Waals surface area (Å²) in [6.45, 7) is 44.1. The van der Waals surface area contributed by atoms with Gasteiger partial charge in [0.25, 0.3) is 35.4 Å². The number of ether oxygens (including phenoxy) is 2. The molecule has 0 bridgehead atoms. The average molecular weight is 2070 g/mol. The van der Waals surface area contributed by atoms with Crippen molar-refractivity contribution < 1.29 is 77.5 Å². The van der Waals surface area contributed by atoms with Crippen molar-refractivity contribution in [2.75, 3.05) is 19.7 Å². The Labute approximate surface area is 843 Å². The lowest BCUT2D eigenvalue weighted by atomic mass is 9.77. The number of esters is 1. The maximum Gasteiger partial charge on any atom is 0.410 e. The highest BCUT2D eigenvalue weighted by molar-refractivity contribution is 7.95. The SMILES string of the molecule is CCOC(=O)C1CC=C(c2c(C)nn(C3=CC(=O)NS3=O)c2C)CC1.Cc1nn(C2=CC(=O)NS2=O)c(C)c1C1=CCC(C)(C)CC1.Cc1nn(C2=CC(=O)NS2=O)c(C)c1C1=CCC(O[Si](C)(C)C(C)(C)C)CC1.Cc1nn(C2=CC(=O)NS2=O)c(C)c1C1=CCCCC1.Cc1nn(C2=CC(=O)NS2=O)c(C)c1C1=CCN(C(=O)OC(C)(C)C)CC1.O=C1C=C(n2cc(/C=C/c3ccccc3)cn2)S(=O)N1. The van der Waals surface area contributed by atoms with Crippen LogP contribution in [0.3, 0.4) is 0 Å². The molecule has 7 aromatic rings. The second-order valence-electron chi connectivity index (χ2n) is 39.0. The molecule has 0 fully saturated rings. The molecule has 8 atom stereocenters. The second-order valence-corrected chi connectivity index (χ2v) is 50.7. The first kappa shape index (κ1) is 107. The minimum absolute atomic E-state index is 0.0915. The molecule has 6 aromatic heterocycles. The van der Waals surface area contributed by atoms with E-state index < -0.39 is 79.8 Å². The zero-order valence-corrected chi connectivity index (χ0v) is 89.8. The predicted molar refractivity (Wildman–Crippen MR) is 558 cm³/mol. The van der Waals surface area contributed by atoms with Crippen LogP contribution < -0.4 is 28.3 Å². The van der Waals surface area contributed by atoms with E-state index in [-0.39, 0.29) is 64.6 Å². The molecule has 1 aromatic carbocycles. The fourth-order valence-electron chi connectivity index (χ4n) is 17.8. The fraction of sp³-hybridized carbons (Fsp3) is 0.434. The Morgan fingerprint density at radius 3 is 1.18 bits per heavy atom. The van der Waals surface area contributed by atoms with Crippen LogP contribution in [0.1, 0.15) is 248 Å². The van der Waals surface area contributed by atoms with Crippen LogP contribution in [0.2, 0.25) is 18.1 Å². The Bertz CT molecular complexity index is 6810. The third-order valence-electron chi connectivity index (χ3n) is 25.8. The Kier molecular flexibility index (Phi) is 33.9. The maximum absolute atomic E-state index is 12.2. The number of amides is 7. The van der Waals surface area contributed by atoms with Gasteiger partial charge in [0.2, 0.25) is 0 Å². The molecule has 43 heteroatoms. The van der Waals surface area contributed by atoms with Crippen molar-refractivity contribution in [3.05, 3.63) is 205 Å². The maximum atomic E-state index is 12.2. The standard InChI is InChI=1S/C20H31N3O3SSi.C18H24N4O4S.C17H21N3O4S.C16H21N3O2S.C14H17N3O2S.C14H11N3O2S/c1-13-19(14(2)23(21-13)18-12-17(24)22-27(18)25)15-8-10-16(11-9-15)26-28(6,7)20(3,4)5;1-11-16(12(2)22(19-11)15-10-14(23)20-27(15)25)13-6-8-21(9-7-13)17(24)26-18(3,4)5;1-4-24-17(22)13-7-5-12(6-8-13)16-10(2)18-20(11(16)3)15-9-14(21)19-25(15)23;1-10-15(12-5-7-16(3,4)8-6-12)11(2)19(17-10)14-9-13(20)18-22(14)21;1-9-14(11-6-4-3-5-7-11)10(2)17(15-9)13-8-12(18)16-20(13)19;18-13-8-14(20(19)16-13)17-10-12(9-15-17)7-6-11-4-2-1-3-5-11/h8,12,16H,9-11H2,1-7H3,(H,22,24);6,10H,7-9H2,1-5H3,(H,20,23);5,9,13H,4,6-8H2,1-3H3,(H,19,21);5,9H,6-8H2,1-4H3,(H,18,20);6,8H,3-5,7H2,1-2H3,(H,16,18);1-10H,(H,16,18)/b;;;;;7-6+. The molecule has 0 spiro atoms. The van der Waals surface area contributed by atoms with E-state index in [1.54, 1.807) is 40.7 Å². The summed E-state index contributed by atoms with van der Waals surface area (Å²) in [6, 6.07) is 9.89. The largest absolute Gasteiger partial charge is 0.466 e. The minimum Gasteiger partial charge on any atom is -0.466 e. The predicted octanol–water partition coefficient (Wildman–Crippen LogP) is 14.4. The Morgan fingerprint density at radius 1 is 0.472 bits per heavy atom. The number of benzene rings is 1. The van der Waals surface area contributed by atoms with E-state index in [0.29, 0.717) is 68.1 Å². The molecule has 6 N–H and O–H groups in total. The second kappa shape index (κ2) is 44.9. The van der Waals surface area contributed by atoms with Crippen molar-refractivity contribution in [3.8, 4) is 0 Å². The van der Waals surface area contributed by atoms with Crippen molar-refractivity contribution in [2.45, 2.75) is 251 Å². The summed E-state index contributed by atoms with van der Waals surface area (Å²) in [7, 11) is -11.1. The minimum atomic E-state index is -1.77. The van der Waals surface area contributed by atoms with Gasteiger partial charge in [-0.25, -0.2) is 58.1 Å². The van der Waals surface area contributed by atoms with E-state index in [1.807, 2.05) is 145 Å². The van der Waals surface area contributed by atoms with E-state index in [2.05, 4.69) is 131 Å². The molecule has 0 saturated carbocycles. The van der Waals surface area contributed by atoms with E-state index >= 15 is 0 Å². The first-order chi connectivity index (χ1) is 67.0. The lowest BCUT2D eigenvalue weighted by molar-refractivity contribution is -0.148. The normalized spacial score (nSPS) is 22.0. The highest BCUT2D eigenvalue weighted by Gasteiger charge is 2.41. The van der Waals surface area contributed by atoms with Crippen LogP contribution in [-0.2, 0) is 113 Å². The Hall–Kier alpha value is -12.0. The number of aryl methyl sites for hydroxylation is 5. The summed E-state index contributed by atoms with van der Waals surface area (Å²) >= 11 is 0. The van der Waals surface area contributed by atoms with E-state index in [4.69, 9.17) is 13.9 Å². The van der Waals surface area contributed by atoms with Gasteiger partial charge in [0, 0.05) is 124 Å². The molecule has 11 aliphatic rings. The van der Waals surface area contributed by atoms with Crippen LogP contribution in [0.15, 0.2) is 110 Å². The molecule has 13 heterocycles. The highest BCUT2D eigenvalue weighted by Crippen LogP contribution is 2.44. The zero-order chi connectivity index (χ0) is 103. The van der Waals surface area contributed by atoms with E-state index in [9.17, 15) is 63.6 Å². The molecule has 142 heavy (non-hydrogen) atoms. The molecule has 758 valence electrons. The lowest BCUT2D eigenvalue weighted by Gasteiger charge is -2.40. The first-order valence-electron chi connectivity index (χ1n) is 47.0. The van der Waals surface area contributed by atoms with Crippen LogP contribution in [-0.4, -0.2) is 176 Å². The van der Waals surface area contributed by atoms with Gasteiger partial charge in [-0.1, -0.05) is 107 Å². The van der Waals surface area contributed by atoms with Gasteiger partial charge >= 0.3 is 12.1 Å². The number of hydrogen-bond donors (Lipinski definition) is 6. The van der Waals surface area contributed by atoms with Crippen LogP contribution in [0.5, 0.6) is 0 Å². The lowest BCUT2D eigenvalue weighted by Crippen LogP contribution is -2.44.